The van der Waals surface area contributed by atoms with Crippen LogP contribution in [0, 0.1) is 0 Å². The molecule has 0 fully saturated rings. The second kappa shape index (κ2) is 10.2. The van der Waals surface area contributed by atoms with Crippen molar-refractivity contribution in [2.45, 2.75) is 25.4 Å². The molecule has 0 aliphatic carbocycles. The molecule has 0 aliphatic rings. The van der Waals surface area contributed by atoms with Crippen molar-refractivity contribution in [1.82, 2.24) is 15.1 Å². The highest BCUT2D eigenvalue weighted by Gasteiger charge is 2.11. The lowest BCUT2D eigenvalue weighted by Gasteiger charge is -2.11. The van der Waals surface area contributed by atoms with Gasteiger partial charge in [0.25, 0.3) is 0 Å². The Morgan fingerprint density at radius 3 is 3.00 bits per heavy atom. The minimum Gasteiger partial charge on any atom is -0.355 e. The van der Waals surface area contributed by atoms with Crippen LogP contribution in [0.4, 0.5) is 0 Å². The molecule has 0 aromatic carbocycles. The zero-order chi connectivity index (χ0) is 12.5. The van der Waals surface area contributed by atoms with E-state index in [1.807, 2.05) is 23.2 Å². The maximum Gasteiger partial charge on any atom is 0.236 e. The molecule has 5 nitrogen and oxygen atoms in total. The summed E-state index contributed by atoms with van der Waals surface area (Å²) < 4.78 is 1.85. The number of nitrogens with zero attached hydrogens (tertiary/aromatic N) is 2. The molecule has 104 valence electrons. The predicted molar refractivity (Wildman–Crippen MR) is 78.1 cm³/mol. The first-order valence-corrected chi connectivity index (χ1v) is 7.13. The molecule has 1 heterocycles. The van der Waals surface area contributed by atoms with Gasteiger partial charge < -0.3 is 11.1 Å². The van der Waals surface area contributed by atoms with Crippen molar-refractivity contribution in [3.05, 3.63) is 18.5 Å². The number of aryl methyl sites for hydroxylation is 1. The SMILES string of the molecule is CSCCC(N)C(=O)NCCCn1cccn1.Cl. The molecule has 18 heavy (non-hydrogen) atoms. The molecule has 7 heteroatoms. The Morgan fingerprint density at radius 2 is 2.39 bits per heavy atom. The van der Waals surface area contributed by atoms with Gasteiger partial charge in [-0.3, -0.25) is 9.48 Å². The summed E-state index contributed by atoms with van der Waals surface area (Å²) in [5.74, 6) is 0.863. The smallest absolute Gasteiger partial charge is 0.236 e. The van der Waals surface area contributed by atoms with Gasteiger partial charge in [0.15, 0.2) is 0 Å². The van der Waals surface area contributed by atoms with E-state index in [9.17, 15) is 4.79 Å². The molecular formula is C11H21ClN4OS. The van der Waals surface area contributed by atoms with Crippen LogP contribution < -0.4 is 11.1 Å². The minimum atomic E-state index is -0.382. The van der Waals surface area contributed by atoms with Gasteiger partial charge in [-0.25, -0.2) is 0 Å². The number of nitrogens with one attached hydrogen (secondary N) is 1. The van der Waals surface area contributed by atoms with Crippen LogP contribution >= 0.6 is 24.2 Å². The van der Waals surface area contributed by atoms with Crippen LogP contribution in [0.1, 0.15) is 12.8 Å². The molecule has 1 amide bonds. The lowest BCUT2D eigenvalue weighted by atomic mass is 10.2. The zero-order valence-electron chi connectivity index (χ0n) is 10.5. The molecule has 1 aromatic heterocycles. The molecule has 1 aromatic rings. The van der Waals surface area contributed by atoms with Crippen molar-refractivity contribution in [3.8, 4) is 0 Å². The number of carbonyl (C=O) groups excluding carboxylic acids is 1. The van der Waals surface area contributed by atoms with E-state index in [2.05, 4.69) is 10.4 Å². The third-order valence-electron chi connectivity index (χ3n) is 2.39. The molecule has 3 N–H and O–H groups in total. The number of carbonyl (C=O) groups is 1. The predicted octanol–water partition coefficient (Wildman–Crippen LogP) is 0.892. The van der Waals surface area contributed by atoms with Gasteiger partial charge in [0.05, 0.1) is 6.04 Å². The molecular weight excluding hydrogens is 272 g/mol. The molecule has 0 radical (unpaired) electrons. The molecule has 0 bridgehead atoms. The molecule has 0 saturated carbocycles. The first kappa shape index (κ1) is 17.3. The number of halogens is 1. The first-order chi connectivity index (χ1) is 8.24. The van der Waals surface area contributed by atoms with E-state index >= 15 is 0 Å². The van der Waals surface area contributed by atoms with E-state index in [4.69, 9.17) is 5.73 Å². The van der Waals surface area contributed by atoms with Gasteiger partial charge in [-0.1, -0.05) is 0 Å². The Labute approximate surface area is 118 Å². The van der Waals surface area contributed by atoms with Crippen molar-refractivity contribution in [2.24, 2.45) is 5.73 Å². The van der Waals surface area contributed by atoms with Gasteiger partial charge in [0.1, 0.15) is 0 Å². The average molecular weight is 293 g/mol. The number of aromatic nitrogens is 2. The number of nitrogens with two attached hydrogens (primary N) is 1. The fourth-order valence-corrected chi connectivity index (χ4v) is 1.88. The fraction of sp³-hybridized carbons (Fsp3) is 0.636. The van der Waals surface area contributed by atoms with Crippen LogP contribution in [0.25, 0.3) is 0 Å². The number of hydrogen-bond acceptors (Lipinski definition) is 4. The number of thioether (sulfide) groups is 1. The molecule has 0 saturated heterocycles. The maximum atomic E-state index is 11.5. The van der Waals surface area contributed by atoms with Crippen LogP contribution in [0.2, 0.25) is 0 Å². The Balaban J connectivity index is 0.00000289. The van der Waals surface area contributed by atoms with E-state index < -0.39 is 0 Å². The summed E-state index contributed by atoms with van der Waals surface area (Å²) in [7, 11) is 0. The Morgan fingerprint density at radius 1 is 1.61 bits per heavy atom. The minimum absolute atomic E-state index is 0. The average Bonchev–Trinajstić information content (AvgIpc) is 2.84. The molecule has 1 atom stereocenters. The zero-order valence-corrected chi connectivity index (χ0v) is 12.2. The van der Waals surface area contributed by atoms with Gasteiger partial charge in [0, 0.05) is 25.5 Å². The van der Waals surface area contributed by atoms with Crippen molar-refractivity contribution in [3.63, 3.8) is 0 Å². The molecule has 0 aliphatic heterocycles. The van der Waals surface area contributed by atoms with Gasteiger partial charge >= 0.3 is 0 Å². The van der Waals surface area contributed by atoms with Gasteiger partial charge in [-0.15, -0.1) is 12.4 Å². The summed E-state index contributed by atoms with van der Waals surface area (Å²) >= 11 is 1.70. The third-order valence-corrected chi connectivity index (χ3v) is 3.04. The topological polar surface area (TPSA) is 72.9 Å². The summed E-state index contributed by atoms with van der Waals surface area (Å²) in [4.78, 5) is 11.5. The van der Waals surface area contributed by atoms with Crippen LogP contribution in [0.5, 0.6) is 0 Å². The Bertz CT molecular complexity index is 321. The van der Waals surface area contributed by atoms with Gasteiger partial charge in [-0.2, -0.15) is 16.9 Å². The third kappa shape index (κ3) is 6.88. The number of rotatable bonds is 8. The van der Waals surface area contributed by atoms with Crippen LogP contribution in [0.15, 0.2) is 18.5 Å². The Kier molecular flexibility index (Phi) is 9.82. The largest absolute Gasteiger partial charge is 0.355 e. The van der Waals surface area contributed by atoms with Crippen molar-refractivity contribution < 1.29 is 4.79 Å². The van der Waals surface area contributed by atoms with Gasteiger partial charge in [0.2, 0.25) is 5.91 Å². The van der Waals surface area contributed by atoms with Crippen LogP contribution in [-0.2, 0) is 11.3 Å². The van der Waals surface area contributed by atoms with E-state index in [1.54, 1.807) is 18.0 Å². The summed E-state index contributed by atoms with van der Waals surface area (Å²) in [5.41, 5.74) is 5.74. The lowest BCUT2D eigenvalue weighted by molar-refractivity contribution is -0.122. The van der Waals surface area contributed by atoms with Crippen LogP contribution in [0.3, 0.4) is 0 Å². The highest BCUT2D eigenvalue weighted by Crippen LogP contribution is 1.98. The van der Waals surface area contributed by atoms with Crippen LogP contribution in [-0.4, -0.2) is 40.3 Å². The first-order valence-electron chi connectivity index (χ1n) is 5.73. The quantitative estimate of drug-likeness (QED) is 0.698. The van der Waals surface area contributed by atoms with Crippen molar-refractivity contribution >= 4 is 30.1 Å². The van der Waals surface area contributed by atoms with Gasteiger partial charge in [-0.05, 0) is 30.9 Å². The molecule has 1 unspecified atom stereocenters. The van der Waals surface area contributed by atoms with E-state index in [0.717, 1.165) is 25.1 Å². The van der Waals surface area contributed by atoms with E-state index in [-0.39, 0.29) is 24.4 Å². The van der Waals surface area contributed by atoms with Crippen molar-refractivity contribution in [2.75, 3.05) is 18.6 Å². The standard InChI is InChI=1S/C11H20N4OS.ClH/c1-17-9-4-10(12)11(16)13-5-2-7-15-8-3-6-14-15;/h3,6,8,10H,2,4-5,7,9,12H2,1H3,(H,13,16);1H. The van der Waals surface area contributed by atoms with E-state index in [1.165, 1.54) is 0 Å². The molecule has 0 spiro atoms. The normalized spacial score (nSPS) is 11.7. The second-order valence-corrected chi connectivity index (χ2v) is 4.79. The lowest BCUT2D eigenvalue weighted by Crippen LogP contribution is -2.41. The second-order valence-electron chi connectivity index (χ2n) is 3.80. The molecule has 1 rings (SSSR count). The summed E-state index contributed by atoms with van der Waals surface area (Å²) in [5, 5.41) is 6.92. The summed E-state index contributed by atoms with van der Waals surface area (Å²) in [6, 6.07) is 1.50. The summed E-state index contributed by atoms with van der Waals surface area (Å²) in [6.07, 6.45) is 7.26. The highest BCUT2D eigenvalue weighted by atomic mass is 35.5. The maximum absolute atomic E-state index is 11.5. The summed E-state index contributed by atoms with van der Waals surface area (Å²) in [6.45, 7) is 1.46. The van der Waals surface area contributed by atoms with Crippen molar-refractivity contribution in [1.29, 1.82) is 0 Å². The highest BCUT2D eigenvalue weighted by molar-refractivity contribution is 7.98. The van der Waals surface area contributed by atoms with E-state index in [0.29, 0.717) is 6.54 Å². The number of hydrogen-bond donors (Lipinski definition) is 2. The Hall–Kier alpha value is -0.720. The number of amides is 1. The fourth-order valence-electron chi connectivity index (χ4n) is 1.39. The monoisotopic (exact) mass is 292 g/mol.